The van der Waals surface area contributed by atoms with Gasteiger partial charge in [-0.1, -0.05) is 0 Å². The summed E-state index contributed by atoms with van der Waals surface area (Å²) >= 11 is 0. The number of fused-ring (bicyclic) bond motifs is 1. The third-order valence-corrected chi connectivity index (χ3v) is 5.40. The van der Waals surface area contributed by atoms with Crippen LogP contribution in [-0.4, -0.2) is 64.4 Å². The number of aryl methyl sites for hydroxylation is 1. The van der Waals surface area contributed by atoms with Gasteiger partial charge >= 0.3 is 6.09 Å². The summed E-state index contributed by atoms with van der Waals surface area (Å²) in [6.45, 7) is 3.67. The van der Waals surface area contributed by atoms with Gasteiger partial charge in [0.05, 0.1) is 40.1 Å². The van der Waals surface area contributed by atoms with Crippen LogP contribution in [0.3, 0.4) is 0 Å². The van der Waals surface area contributed by atoms with Crippen LogP contribution in [0.5, 0.6) is 28.7 Å². The molecule has 9 nitrogen and oxygen atoms in total. The number of hydrogen-bond acceptors (Lipinski definition) is 8. The van der Waals surface area contributed by atoms with Gasteiger partial charge in [-0.25, -0.2) is 4.79 Å². The Balaban J connectivity index is 1.60. The minimum absolute atomic E-state index is 0.138. The summed E-state index contributed by atoms with van der Waals surface area (Å²) in [7, 11) is 4.56. The highest BCUT2D eigenvalue weighted by Crippen LogP contribution is 2.41. The molecule has 4 rings (SSSR count). The number of allylic oxidation sites excluding steroid dienone is 1. The first-order valence-corrected chi connectivity index (χ1v) is 10.4. The third-order valence-electron chi connectivity index (χ3n) is 5.40. The molecule has 1 fully saturated rings. The summed E-state index contributed by atoms with van der Waals surface area (Å²) in [5, 5.41) is 0. The smallest absolute Gasteiger partial charge is 0.415 e. The summed E-state index contributed by atoms with van der Waals surface area (Å²) in [4.78, 5) is 27.0. The van der Waals surface area contributed by atoms with E-state index in [1.54, 1.807) is 42.2 Å². The summed E-state index contributed by atoms with van der Waals surface area (Å²) in [6.07, 6.45) is 1.14. The van der Waals surface area contributed by atoms with Crippen molar-refractivity contribution in [1.29, 1.82) is 0 Å². The third kappa shape index (κ3) is 4.45. The van der Waals surface area contributed by atoms with E-state index in [0.29, 0.717) is 71.7 Å². The number of hydrogen-bond donors (Lipinski definition) is 0. The predicted molar refractivity (Wildman–Crippen MR) is 119 cm³/mol. The second-order valence-electron chi connectivity index (χ2n) is 7.48. The molecule has 1 saturated heterocycles. The topological polar surface area (TPSA) is 92.8 Å². The molecule has 0 saturated carbocycles. The Hall–Kier alpha value is -3.72. The lowest BCUT2D eigenvalue weighted by Gasteiger charge is -2.25. The van der Waals surface area contributed by atoms with Crippen molar-refractivity contribution in [1.82, 2.24) is 4.90 Å². The molecule has 0 aromatic heterocycles. The van der Waals surface area contributed by atoms with Crippen molar-refractivity contribution in [3.05, 3.63) is 46.7 Å². The first-order chi connectivity index (χ1) is 15.9. The molecule has 0 N–H and O–H groups in total. The maximum atomic E-state index is 13.0. The van der Waals surface area contributed by atoms with Crippen molar-refractivity contribution in [2.24, 2.45) is 0 Å². The standard InChI is InChI=1S/C24H25NO8/c1-14-9-16(32-24(27)25-5-7-31-8-6-25)13-17-21(14)22(26)18(33-17)10-15-11-19(28-2)23(30-4)20(12-15)29-3/h9-13H,5-8H2,1-4H3. The molecule has 0 atom stereocenters. The van der Waals surface area contributed by atoms with Crippen molar-refractivity contribution < 1.29 is 38.0 Å². The van der Waals surface area contributed by atoms with Gasteiger partial charge in [0.15, 0.2) is 17.3 Å². The molecule has 2 aliphatic rings. The highest BCUT2D eigenvalue weighted by molar-refractivity contribution is 6.15. The molecule has 2 heterocycles. The number of rotatable bonds is 5. The Bertz CT molecular complexity index is 1090. The maximum absolute atomic E-state index is 13.0. The Kier molecular flexibility index (Phi) is 6.41. The average Bonchev–Trinajstić information content (AvgIpc) is 3.13. The quantitative estimate of drug-likeness (QED) is 0.633. The average molecular weight is 455 g/mol. The number of morpholine rings is 1. The van der Waals surface area contributed by atoms with E-state index < -0.39 is 6.09 Å². The van der Waals surface area contributed by atoms with Gasteiger partial charge in [-0.05, 0) is 42.3 Å². The van der Waals surface area contributed by atoms with Crippen LogP contribution in [0.25, 0.3) is 6.08 Å². The van der Waals surface area contributed by atoms with Crippen molar-refractivity contribution >= 4 is 18.0 Å². The lowest BCUT2D eigenvalue weighted by atomic mass is 10.0. The molecule has 33 heavy (non-hydrogen) atoms. The van der Waals surface area contributed by atoms with Crippen LogP contribution >= 0.6 is 0 Å². The zero-order valence-electron chi connectivity index (χ0n) is 18.9. The number of carbonyl (C=O) groups is 2. The normalized spacial score (nSPS) is 16.3. The van der Waals surface area contributed by atoms with Crippen molar-refractivity contribution in [3.8, 4) is 28.7 Å². The number of nitrogens with zero attached hydrogens (tertiary/aromatic N) is 1. The van der Waals surface area contributed by atoms with Crippen molar-refractivity contribution in [2.45, 2.75) is 6.92 Å². The second kappa shape index (κ2) is 9.41. The fraction of sp³-hybridized carbons (Fsp3) is 0.333. The fourth-order valence-corrected chi connectivity index (χ4v) is 3.78. The summed E-state index contributed by atoms with van der Waals surface area (Å²) in [5.41, 5.74) is 1.72. The van der Waals surface area contributed by atoms with Gasteiger partial charge in [-0.3, -0.25) is 4.79 Å². The lowest BCUT2D eigenvalue weighted by Crippen LogP contribution is -2.42. The number of benzene rings is 2. The van der Waals surface area contributed by atoms with Crippen LogP contribution in [0.4, 0.5) is 4.79 Å². The van der Waals surface area contributed by atoms with E-state index in [4.69, 9.17) is 28.4 Å². The van der Waals surface area contributed by atoms with Gasteiger partial charge < -0.3 is 33.3 Å². The monoisotopic (exact) mass is 455 g/mol. The molecule has 2 aromatic rings. The molecule has 2 aromatic carbocycles. The second-order valence-corrected chi connectivity index (χ2v) is 7.48. The number of ketones is 1. The summed E-state index contributed by atoms with van der Waals surface area (Å²) < 4.78 is 32.7. The number of carbonyl (C=O) groups excluding carboxylic acids is 2. The Morgan fingerprint density at radius 1 is 1.00 bits per heavy atom. The van der Waals surface area contributed by atoms with Crippen LogP contribution in [0.15, 0.2) is 30.0 Å². The molecule has 0 bridgehead atoms. The molecule has 0 spiro atoms. The maximum Gasteiger partial charge on any atom is 0.415 e. The van der Waals surface area contributed by atoms with Crippen LogP contribution < -0.4 is 23.7 Å². The lowest BCUT2D eigenvalue weighted by molar-refractivity contribution is 0.0416. The minimum Gasteiger partial charge on any atom is -0.493 e. The zero-order chi connectivity index (χ0) is 23.5. The number of Topliss-reactive ketones (excluding diaryl/α,β-unsaturated/α-hetero) is 1. The molecule has 174 valence electrons. The van der Waals surface area contributed by atoms with Crippen LogP contribution in [0.1, 0.15) is 21.5 Å². The predicted octanol–water partition coefficient (Wildman–Crippen LogP) is 3.47. The minimum atomic E-state index is -0.463. The van der Waals surface area contributed by atoms with Gasteiger partial charge in [-0.2, -0.15) is 0 Å². The van der Waals surface area contributed by atoms with E-state index in [9.17, 15) is 9.59 Å². The number of ether oxygens (including phenoxy) is 6. The first kappa shape index (κ1) is 22.5. The van der Waals surface area contributed by atoms with Gasteiger partial charge in [-0.15, -0.1) is 0 Å². The number of amides is 1. The van der Waals surface area contributed by atoms with Crippen molar-refractivity contribution in [3.63, 3.8) is 0 Å². The molecule has 0 radical (unpaired) electrons. The van der Waals surface area contributed by atoms with E-state index >= 15 is 0 Å². The molecule has 9 heteroatoms. The van der Waals surface area contributed by atoms with Crippen LogP contribution in [0, 0.1) is 6.92 Å². The molecule has 1 amide bonds. The molecule has 0 unspecified atom stereocenters. The van der Waals surface area contributed by atoms with E-state index in [1.807, 2.05) is 0 Å². The van der Waals surface area contributed by atoms with E-state index in [2.05, 4.69) is 0 Å². The van der Waals surface area contributed by atoms with Gasteiger partial charge in [0.25, 0.3) is 0 Å². The zero-order valence-corrected chi connectivity index (χ0v) is 18.9. The van der Waals surface area contributed by atoms with Crippen LogP contribution in [0.2, 0.25) is 0 Å². The highest BCUT2D eigenvalue weighted by Gasteiger charge is 2.31. The Morgan fingerprint density at radius 2 is 1.67 bits per heavy atom. The van der Waals surface area contributed by atoms with E-state index in [1.165, 1.54) is 21.3 Å². The summed E-state index contributed by atoms with van der Waals surface area (Å²) in [5.74, 6) is 1.89. The Morgan fingerprint density at radius 3 is 2.27 bits per heavy atom. The van der Waals surface area contributed by atoms with Crippen molar-refractivity contribution in [2.75, 3.05) is 47.6 Å². The highest BCUT2D eigenvalue weighted by atomic mass is 16.6. The van der Waals surface area contributed by atoms with Gasteiger partial charge in [0.1, 0.15) is 11.5 Å². The summed E-state index contributed by atoms with van der Waals surface area (Å²) in [6, 6.07) is 6.64. The number of methoxy groups -OCH3 is 3. The van der Waals surface area contributed by atoms with E-state index in [-0.39, 0.29) is 11.5 Å². The first-order valence-electron chi connectivity index (χ1n) is 10.4. The Labute approximate surface area is 191 Å². The molecule has 0 aliphatic carbocycles. The largest absolute Gasteiger partial charge is 0.493 e. The molecular formula is C24H25NO8. The van der Waals surface area contributed by atoms with E-state index in [0.717, 1.165) is 0 Å². The molecular weight excluding hydrogens is 430 g/mol. The van der Waals surface area contributed by atoms with Gasteiger partial charge in [0.2, 0.25) is 11.5 Å². The van der Waals surface area contributed by atoms with Gasteiger partial charge in [0, 0.05) is 19.2 Å². The SMILES string of the molecule is COc1cc(C=C2Oc3cc(OC(=O)N4CCOCC4)cc(C)c3C2=O)cc(OC)c1OC. The van der Waals surface area contributed by atoms with Crippen LogP contribution in [-0.2, 0) is 4.74 Å². The molecule has 2 aliphatic heterocycles. The fourth-order valence-electron chi connectivity index (χ4n) is 3.78.